The summed E-state index contributed by atoms with van der Waals surface area (Å²) in [6, 6.07) is 4.03. The first-order chi connectivity index (χ1) is 12.8. The normalized spacial score (nSPS) is 11.9. The van der Waals surface area contributed by atoms with Crippen LogP contribution in [0.1, 0.15) is 27.0 Å². The Hall–Kier alpha value is -3.31. The maximum Gasteiger partial charge on any atom is 0.416 e. The molecule has 0 bridgehead atoms. The van der Waals surface area contributed by atoms with Gasteiger partial charge in [-0.05, 0) is 30.3 Å². The van der Waals surface area contributed by atoms with Gasteiger partial charge in [0, 0.05) is 29.4 Å². The molecule has 0 saturated heterocycles. The van der Waals surface area contributed by atoms with E-state index in [4.69, 9.17) is 5.73 Å². The van der Waals surface area contributed by atoms with Crippen LogP contribution in [-0.4, -0.2) is 10.8 Å². The molecule has 0 aliphatic carbocycles. The maximum absolute atomic E-state index is 12.9. The molecule has 0 heterocycles. The zero-order valence-electron chi connectivity index (χ0n) is 13.7. The third-order valence-corrected chi connectivity index (χ3v) is 3.64. The molecule has 0 radical (unpaired) electrons. The minimum Gasteiger partial charge on any atom is -0.381 e. The van der Waals surface area contributed by atoms with Gasteiger partial charge in [0.05, 0.1) is 16.1 Å². The molecule has 3 N–H and O–H groups in total. The summed E-state index contributed by atoms with van der Waals surface area (Å²) in [6.07, 6.45) is -10.0. The molecule has 0 atom stereocenters. The number of anilines is 1. The summed E-state index contributed by atoms with van der Waals surface area (Å²) >= 11 is 0. The van der Waals surface area contributed by atoms with E-state index in [1.54, 1.807) is 0 Å². The van der Waals surface area contributed by atoms with E-state index in [0.29, 0.717) is 12.1 Å². The zero-order chi connectivity index (χ0) is 21.3. The van der Waals surface area contributed by atoms with E-state index in [-0.39, 0.29) is 17.2 Å². The maximum atomic E-state index is 12.9. The molecule has 2 aromatic rings. The number of hydrogen-bond donors (Lipinski definition) is 2. The largest absolute Gasteiger partial charge is 0.416 e. The molecule has 1 amide bonds. The van der Waals surface area contributed by atoms with Gasteiger partial charge in [0.2, 0.25) is 5.91 Å². The molecule has 150 valence electrons. The number of hydrogen-bond acceptors (Lipinski definition) is 4. The minimum absolute atomic E-state index is 0.0325. The number of primary amides is 1. The van der Waals surface area contributed by atoms with Gasteiger partial charge in [-0.1, -0.05) is 0 Å². The molecular weight excluding hydrogens is 396 g/mol. The number of carbonyl (C=O) groups is 1. The number of nitro groups is 1. The smallest absolute Gasteiger partial charge is 0.381 e. The molecule has 0 spiro atoms. The summed E-state index contributed by atoms with van der Waals surface area (Å²) in [5.74, 6) is -0.935. The molecule has 0 fully saturated rings. The predicted molar refractivity (Wildman–Crippen MR) is 85.4 cm³/mol. The van der Waals surface area contributed by atoms with Crippen LogP contribution in [0.15, 0.2) is 36.4 Å². The number of rotatable bonds is 5. The van der Waals surface area contributed by atoms with Crippen LogP contribution in [0.4, 0.5) is 37.7 Å². The average Bonchev–Trinajstić information content (AvgIpc) is 2.57. The van der Waals surface area contributed by atoms with Gasteiger partial charge in [0.1, 0.15) is 0 Å². The van der Waals surface area contributed by atoms with E-state index in [9.17, 15) is 41.3 Å². The van der Waals surface area contributed by atoms with Crippen LogP contribution >= 0.6 is 0 Å². The second-order valence-corrected chi connectivity index (χ2v) is 5.61. The highest BCUT2D eigenvalue weighted by Gasteiger charge is 2.37. The van der Waals surface area contributed by atoms with E-state index in [0.717, 1.165) is 18.2 Å². The van der Waals surface area contributed by atoms with Crippen LogP contribution in [0, 0.1) is 10.1 Å². The van der Waals surface area contributed by atoms with Gasteiger partial charge >= 0.3 is 12.4 Å². The first kappa shape index (κ1) is 21.0. The summed E-state index contributed by atoms with van der Waals surface area (Å²) < 4.78 is 77.2. The van der Waals surface area contributed by atoms with Crippen molar-refractivity contribution in [2.75, 3.05) is 5.32 Å². The minimum atomic E-state index is -5.02. The van der Waals surface area contributed by atoms with Gasteiger partial charge in [0.25, 0.3) is 5.69 Å². The van der Waals surface area contributed by atoms with Gasteiger partial charge in [-0.25, -0.2) is 0 Å². The van der Waals surface area contributed by atoms with Crippen LogP contribution in [0.25, 0.3) is 0 Å². The topological polar surface area (TPSA) is 98.3 Å². The third-order valence-electron chi connectivity index (χ3n) is 3.64. The van der Waals surface area contributed by atoms with Gasteiger partial charge in [-0.15, -0.1) is 0 Å². The molecule has 2 rings (SSSR count). The highest BCUT2D eigenvalue weighted by Crippen LogP contribution is 2.37. The van der Waals surface area contributed by atoms with E-state index < -0.39 is 52.2 Å². The Morgan fingerprint density at radius 1 is 1.00 bits per heavy atom. The fourth-order valence-corrected chi connectivity index (χ4v) is 2.29. The molecule has 0 aromatic heterocycles. The van der Waals surface area contributed by atoms with Gasteiger partial charge in [-0.2, -0.15) is 26.3 Å². The van der Waals surface area contributed by atoms with E-state index in [2.05, 4.69) is 5.32 Å². The SMILES string of the molecule is NC(=O)c1ccc(CNc2cc(C(F)(F)F)cc(C(F)(F)F)c2)c([N+](=O)[O-])c1. The molecule has 0 unspecified atom stereocenters. The standard InChI is InChI=1S/C16H11F6N3O3/c17-15(18,19)10-4-11(16(20,21)22)6-12(5-10)24-7-9-2-1-8(14(23)26)3-13(9)25(27)28/h1-6,24H,7H2,(H2,23,26). The van der Waals surface area contributed by atoms with Crippen LogP contribution in [0.2, 0.25) is 0 Å². The number of halogens is 6. The van der Waals surface area contributed by atoms with Crippen molar-refractivity contribution < 1.29 is 36.1 Å². The number of benzene rings is 2. The number of nitro benzene ring substituents is 1. The summed E-state index contributed by atoms with van der Waals surface area (Å²) in [7, 11) is 0. The number of carbonyl (C=O) groups excluding carboxylic acids is 1. The molecule has 0 aliphatic rings. The third kappa shape index (κ3) is 4.90. The second kappa shape index (κ2) is 7.37. The highest BCUT2D eigenvalue weighted by atomic mass is 19.4. The number of nitrogens with zero attached hydrogens (tertiary/aromatic N) is 1. The van der Waals surface area contributed by atoms with Crippen molar-refractivity contribution in [1.29, 1.82) is 0 Å². The second-order valence-electron chi connectivity index (χ2n) is 5.61. The summed E-state index contributed by atoms with van der Waals surface area (Å²) in [5.41, 5.74) is 0.637. The Balaban J connectivity index is 2.39. The van der Waals surface area contributed by atoms with E-state index in [1.807, 2.05) is 0 Å². The van der Waals surface area contributed by atoms with Crippen molar-refractivity contribution in [3.63, 3.8) is 0 Å². The Bertz CT molecular complexity index is 893. The molecule has 0 saturated carbocycles. The van der Waals surface area contributed by atoms with Crippen LogP contribution in [0.5, 0.6) is 0 Å². The predicted octanol–water partition coefficient (Wildman–Crippen LogP) is 4.34. The summed E-state index contributed by atoms with van der Waals surface area (Å²) in [5, 5.41) is 13.4. The van der Waals surface area contributed by atoms with Crippen LogP contribution in [-0.2, 0) is 18.9 Å². The lowest BCUT2D eigenvalue weighted by molar-refractivity contribution is -0.385. The molecule has 6 nitrogen and oxygen atoms in total. The quantitative estimate of drug-likeness (QED) is 0.438. The molecule has 0 aliphatic heterocycles. The number of nitrogens with one attached hydrogen (secondary N) is 1. The lowest BCUT2D eigenvalue weighted by Crippen LogP contribution is -2.13. The van der Waals surface area contributed by atoms with Crippen molar-refractivity contribution in [1.82, 2.24) is 0 Å². The zero-order valence-corrected chi connectivity index (χ0v) is 13.7. The molecule has 12 heteroatoms. The van der Waals surface area contributed by atoms with E-state index in [1.165, 1.54) is 0 Å². The number of nitrogens with two attached hydrogens (primary N) is 1. The Morgan fingerprint density at radius 3 is 1.96 bits per heavy atom. The number of amides is 1. The van der Waals surface area contributed by atoms with Crippen LogP contribution < -0.4 is 11.1 Å². The summed E-state index contributed by atoms with van der Waals surface area (Å²) in [4.78, 5) is 21.4. The van der Waals surface area contributed by atoms with Crippen molar-refractivity contribution in [2.24, 2.45) is 5.73 Å². The van der Waals surface area contributed by atoms with Gasteiger partial charge < -0.3 is 11.1 Å². The number of alkyl halides is 6. The first-order valence-corrected chi connectivity index (χ1v) is 7.39. The lowest BCUT2D eigenvalue weighted by Gasteiger charge is -2.15. The average molecular weight is 407 g/mol. The van der Waals surface area contributed by atoms with Gasteiger partial charge in [0.15, 0.2) is 0 Å². The Labute approximate surface area is 153 Å². The van der Waals surface area contributed by atoms with Crippen molar-refractivity contribution in [3.8, 4) is 0 Å². The van der Waals surface area contributed by atoms with Gasteiger partial charge in [-0.3, -0.25) is 14.9 Å². The lowest BCUT2D eigenvalue weighted by atomic mass is 10.1. The first-order valence-electron chi connectivity index (χ1n) is 7.39. The fourth-order valence-electron chi connectivity index (χ4n) is 2.29. The Morgan fingerprint density at radius 2 is 1.54 bits per heavy atom. The summed E-state index contributed by atoms with van der Waals surface area (Å²) in [6.45, 7) is -0.464. The Kier molecular flexibility index (Phi) is 5.52. The van der Waals surface area contributed by atoms with Crippen molar-refractivity contribution in [3.05, 3.63) is 68.8 Å². The van der Waals surface area contributed by atoms with E-state index >= 15 is 0 Å². The van der Waals surface area contributed by atoms with Crippen molar-refractivity contribution >= 4 is 17.3 Å². The monoisotopic (exact) mass is 407 g/mol. The fraction of sp³-hybridized carbons (Fsp3) is 0.188. The molecule has 28 heavy (non-hydrogen) atoms. The van der Waals surface area contributed by atoms with Crippen molar-refractivity contribution in [2.45, 2.75) is 18.9 Å². The molecular formula is C16H11F6N3O3. The van der Waals surface area contributed by atoms with Crippen LogP contribution in [0.3, 0.4) is 0 Å². The highest BCUT2D eigenvalue weighted by molar-refractivity contribution is 5.93. The molecule has 2 aromatic carbocycles.